The van der Waals surface area contributed by atoms with E-state index in [4.69, 9.17) is 0 Å². The first-order valence-corrected chi connectivity index (χ1v) is 8.14. The molecule has 2 fully saturated rings. The number of carbonyl (C=O) groups excluding carboxylic acids is 1. The van der Waals surface area contributed by atoms with Gasteiger partial charge >= 0.3 is 0 Å². The molecule has 0 spiro atoms. The average molecular weight is 266 g/mol. The topological polar surface area (TPSA) is 41.1 Å². The van der Waals surface area contributed by atoms with Gasteiger partial charge in [0.05, 0.1) is 0 Å². The molecule has 2 N–H and O–H groups in total. The largest absolute Gasteiger partial charge is 0.354 e. The van der Waals surface area contributed by atoms with Gasteiger partial charge in [-0.1, -0.05) is 33.1 Å². The number of rotatable bonds is 5. The smallest absolute Gasteiger partial charge is 0.226 e. The first-order chi connectivity index (χ1) is 9.12. The van der Waals surface area contributed by atoms with E-state index in [-0.39, 0.29) is 5.41 Å². The summed E-state index contributed by atoms with van der Waals surface area (Å²) in [4.78, 5) is 12.6. The zero-order valence-corrected chi connectivity index (χ0v) is 12.6. The van der Waals surface area contributed by atoms with Gasteiger partial charge in [-0.3, -0.25) is 4.79 Å². The molecule has 1 unspecified atom stereocenters. The van der Waals surface area contributed by atoms with Crippen molar-refractivity contribution in [1.82, 2.24) is 10.6 Å². The van der Waals surface area contributed by atoms with E-state index in [2.05, 4.69) is 24.5 Å². The lowest BCUT2D eigenvalue weighted by Gasteiger charge is -2.31. The van der Waals surface area contributed by atoms with Gasteiger partial charge in [0, 0.05) is 18.0 Å². The van der Waals surface area contributed by atoms with Crippen molar-refractivity contribution < 1.29 is 4.79 Å². The minimum Gasteiger partial charge on any atom is -0.354 e. The molecule has 1 saturated heterocycles. The first kappa shape index (κ1) is 14.8. The quantitative estimate of drug-likeness (QED) is 0.803. The molecule has 1 aliphatic heterocycles. The van der Waals surface area contributed by atoms with E-state index in [0.29, 0.717) is 17.9 Å². The summed E-state index contributed by atoms with van der Waals surface area (Å²) in [6, 6.07) is 0.496. The van der Waals surface area contributed by atoms with Crippen LogP contribution in [0.1, 0.15) is 65.2 Å². The molecule has 0 aromatic carbocycles. The number of amides is 1. The van der Waals surface area contributed by atoms with Crippen LogP contribution in [0.15, 0.2) is 0 Å². The van der Waals surface area contributed by atoms with Crippen LogP contribution in [0.3, 0.4) is 0 Å². The van der Waals surface area contributed by atoms with Crippen LogP contribution in [0.25, 0.3) is 0 Å². The number of nitrogens with one attached hydrogen (secondary N) is 2. The fraction of sp³-hybridized carbons (Fsp3) is 0.938. The standard InChI is InChI=1S/C16H30N2O/c1-13(2)11-16(8-4-5-9-16)15(19)18-12-14-7-3-6-10-17-14/h13-14,17H,3-12H2,1-2H3,(H,18,19). The second-order valence-electron chi connectivity index (χ2n) is 6.94. The Morgan fingerprint density at radius 2 is 2.00 bits per heavy atom. The monoisotopic (exact) mass is 266 g/mol. The number of piperidine rings is 1. The van der Waals surface area contributed by atoms with E-state index in [1.807, 2.05) is 0 Å². The van der Waals surface area contributed by atoms with Crippen LogP contribution in [0, 0.1) is 11.3 Å². The number of hydrogen-bond donors (Lipinski definition) is 2. The maximum Gasteiger partial charge on any atom is 0.226 e. The van der Waals surface area contributed by atoms with Gasteiger partial charge in [0.25, 0.3) is 0 Å². The predicted molar refractivity (Wildman–Crippen MR) is 79.0 cm³/mol. The first-order valence-electron chi connectivity index (χ1n) is 8.14. The van der Waals surface area contributed by atoms with E-state index in [9.17, 15) is 4.79 Å². The normalized spacial score (nSPS) is 26.6. The molecule has 0 aromatic heterocycles. The highest BCUT2D eigenvalue weighted by Crippen LogP contribution is 2.43. The Balaban J connectivity index is 1.85. The minimum atomic E-state index is -0.0527. The summed E-state index contributed by atoms with van der Waals surface area (Å²) in [6.07, 6.45) is 9.47. The summed E-state index contributed by atoms with van der Waals surface area (Å²) in [5.74, 6) is 0.933. The summed E-state index contributed by atoms with van der Waals surface area (Å²) in [7, 11) is 0. The third kappa shape index (κ3) is 3.95. The molecule has 3 nitrogen and oxygen atoms in total. The third-order valence-corrected chi connectivity index (χ3v) is 4.76. The van der Waals surface area contributed by atoms with Crippen LogP contribution in [-0.2, 0) is 4.79 Å². The van der Waals surface area contributed by atoms with Gasteiger partial charge < -0.3 is 10.6 Å². The summed E-state index contributed by atoms with van der Waals surface area (Å²) >= 11 is 0. The fourth-order valence-electron chi connectivity index (χ4n) is 3.86. The lowest BCUT2D eigenvalue weighted by molar-refractivity contribution is -0.131. The molecule has 2 rings (SSSR count). The van der Waals surface area contributed by atoms with Crippen LogP contribution in [0.2, 0.25) is 0 Å². The highest BCUT2D eigenvalue weighted by molar-refractivity contribution is 5.83. The van der Waals surface area contributed by atoms with E-state index >= 15 is 0 Å². The maximum absolute atomic E-state index is 12.6. The number of hydrogen-bond acceptors (Lipinski definition) is 2. The van der Waals surface area contributed by atoms with Gasteiger partial charge in [0.15, 0.2) is 0 Å². The van der Waals surface area contributed by atoms with Crippen molar-refractivity contribution in [3.05, 3.63) is 0 Å². The highest BCUT2D eigenvalue weighted by Gasteiger charge is 2.41. The van der Waals surface area contributed by atoms with Crippen LogP contribution in [0.5, 0.6) is 0 Å². The predicted octanol–water partition coefficient (Wildman–Crippen LogP) is 2.85. The summed E-state index contributed by atoms with van der Waals surface area (Å²) in [6.45, 7) is 6.39. The highest BCUT2D eigenvalue weighted by atomic mass is 16.2. The van der Waals surface area contributed by atoms with Gasteiger partial charge in [-0.05, 0) is 44.6 Å². The van der Waals surface area contributed by atoms with Crippen molar-refractivity contribution in [2.75, 3.05) is 13.1 Å². The van der Waals surface area contributed by atoms with Gasteiger partial charge in [-0.2, -0.15) is 0 Å². The molecule has 2 aliphatic rings. The van der Waals surface area contributed by atoms with Crippen molar-refractivity contribution in [3.8, 4) is 0 Å². The van der Waals surface area contributed by atoms with Gasteiger partial charge in [-0.15, -0.1) is 0 Å². The molecular formula is C16H30N2O. The molecular weight excluding hydrogens is 236 g/mol. The minimum absolute atomic E-state index is 0.0527. The maximum atomic E-state index is 12.6. The van der Waals surface area contributed by atoms with Gasteiger partial charge in [-0.25, -0.2) is 0 Å². The molecule has 1 atom stereocenters. The van der Waals surface area contributed by atoms with Crippen molar-refractivity contribution in [3.63, 3.8) is 0 Å². The Hall–Kier alpha value is -0.570. The van der Waals surface area contributed by atoms with E-state index in [0.717, 1.165) is 32.4 Å². The van der Waals surface area contributed by atoms with Crippen LogP contribution in [0.4, 0.5) is 0 Å². The van der Waals surface area contributed by atoms with Gasteiger partial charge in [0.2, 0.25) is 5.91 Å². The summed E-state index contributed by atoms with van der Waals surface area (Å²) in [5.41, 5.74) is -0.0527. The lowest BCUT2D eigenvalue weighted by Crippen LogP contribution is -2.47. The summed E-state index contributed by atoms with van der Waals surface area (Å²) < 4.78 is 0. The molecule has 1 amide bonds. The molecule has 1 aliphatic carbocycles. The van der Waals surface area contributed by atoms with Crippen LogP contribution < -0.4 is 10.6 Å². The second-order valence-corrected chi connectivity index (χ2v) is 6.94. The summed E-state index contributed by atoms with van der Waals surface area (Å²) in [5, 5.41) is 6.74. The molecule has 1 saturated carbocycles. The Kier molecular flexibility index (Phi) is 5.26. The third-order valence-electron chi connectivity index (χ3n) is 4.76. The van der Waals surface area contributed by atoms with Crippen molar-refractivity contribution in [2.45, 2.75) is 71.3 Å². The molecule has 1 heterocycles. The zero-order valence-electron chi connectivity index (χ0n) is 12.6. The number of carbonyl (C=O) groups is 1. The van der Waals surface area contributed by atoms with Gasteiger partial charge in [0.1, 0.15) is 0 Å². The van der Waals surface area contributed by atoms with Crippen LogP contribution >= 0.6 is 0 Å². The van der Waals surface area contributed by atoms with Crippen LogP contribution in [-0.4, -0.2) is 25.0 Å². The SMILES string of the molecule is CC(C)CC1(C(=O)NCC2CCCCN2)CCCC1. The van der Waals surface area contributed by atoms with Crippen molar-refractivity contribution in [2.24, 2.45) is 11.3 Å². The molecule has 110 valence electrons. The molecule has 0 aromatic rings. The second kappa shape index (κ2) is 6.74. The van der Waals surface area contributed by atoms with E-state index < -0.39 is 0 Å². The zero-order chi connectivity index (χ0) is 13.7. The van der Waals surface area contributed by atoms with Crippen molar-refractivity contribution >= 4 is 5.91 Å². The lowest BCUT2D eigenvalue weighted by atomic mass is 9.77. The molecule has 3 heteroatoms. The Bertz CT molecular complexity index is 289. The molecule has 0 radical (unpaired) electrons. The van der Waals surface area contributed by atoms with E-state index in [1.54, 1.807) is 0 Å². The Morgan fingerprint density at radius 1 is 1.26 bits per heavy atom. The van der Waals surface area contributed by atoms with Crippen molar-refractivity contribution in [1.29, 1.82) is 0 Å². The Morgan fingerprint density at radius 3 is 2.58 bits per heavy atom. The van der Waals surface area contributed by atoms with E-state index in [1.165, 1.54) is 32.1 Å². The molecule has 0 bridgehead atoms. The average Bonchev–Trinajstić information content (AvgIpc) is 2.86. The fourth-order valence-corrected chi connectivity index (χ4v) is 3.86. The molecule has 19 heavy (non-hydrogen) atoms. The Labute approximate surface area is 117 Å².